The first-order chi connectivity index (χ1) is 13.0. The first-order valence-electron chi connectivity index (χ1n) is 9.97. The number of aliphatic hydroxyl groups is 1. The predicted molar refractivity (Wildman–Crippen MR) is 111 cm³/mol. The van der Waals surface area contributed by atoms with Crippen molar-refractivity contribution in [1.82, 2.24) is 15.2 Å². The van der Waals surface area contributed by atoms with Crippen molar-refractivity contribution < 1.29 is 9.90 Å². The summed E-state index contributed by atoms with van der Waals surface area (Å²) < 4.78 is 1.09. The standard InChI is InChI=1S/C21H28BrN3O2/c1-3-7-25-10-13(21(27)23-12(2)11-26)8-15-14-5-4-6-17-19(14)16(9-18(15)25)20(22)24-17/h4-6,12-13,15,18,24,26H,3,7-11H2,1-2H3,(H,23,27)/t12?,13-,15-,18-/m1/s1. The molecule has 1 aliphatic heterocycles. The minimum absolute atomic E-state index is 0.0246. The zero-order chi connectivity index (χ0) is 19.1. The Bertz CT molecular complexity index is 849. The first kappa shape index (κ1) is 19.0. The summed E-state index contributed by atoms with van der Waals surface area (Å²) in [5, 5.41) is 13.6. The van der Waals surface area contributed by atoms with Gasteiger partial charge in [-0.15, -0.1) is 0 Å². The summed E-state index contributed by atoms with van der Waals surface area (Å²) in [5.41, 5.74) is 3.92. The number of benzene rings is 1. The molecule has 2 heterocycles. The SMILES string of the molecule is CCCN1C[C@H](C(=O)NC(C)CO)C[C@@H]2c3cccc4[nH]c(Br)c(c34)C[C@H]21. The van der Waals surface area contributed by atoms with Crippen molar-refractivity contribution in [2.75, 3.05) is 19.7 Å². The van der Waals surface area contributed by atoms with Gasteiger partial charge in [0.2, 0.25) is 5.91 Å². The average Bonchev–Trinajstić information content (AvgIpc) is 2.99. The van der Waals surface area contributed by atoms with Crippen LogP contribution in [0.3, 0.4) is 0 Å². The lowest BCUT2D eigenvalue weighted by molar-refractivity contribution is -0.128. The van der Waals surface area contributed by atoms with Crippen LogP contribution >= 0.6 is 15.9 Å². The number of fused-ring (bicyclic) bond motifs is 2. The molecular formula is C21H28BrN3O2. The van der Waals surface area contributed by atoms with Gasteiger partial charge in [0.15, 0.2) is 0 Å². The molecule has 5 nitrogen and oxygen atoms in total. The van der Waals surface area contributed by atoms with E-state index in [0.717, 1.165) is 37.0 Å². The highest BCUT2D eigenvalue weighted by Crippen LogP contribution is 2.46. The first-order valence-corrected chi connectivity index (χ1v) is 10.8. The molecule has 1 fully saturated rings. The third kappa shape index (κ3) is 3.32. The monoisotopic (exact) mass is 433 g/mol. The van der Waals surface area contributed by atoms with Gasteiger partial charge in [0.1, 0.15) is 0 Å². The molecule has 27 heavy (non-hydrogen) atoms. The van der Waals surface area contributed by atoms with E-state index in [1.807, 2.05) is 6.92 Å². The Morgan fingerprint density at radius 3 is 3.04 bits per heavy atom. The van der Waals surface area contributed by atoms with Crippen molar-refractivity contribution in [3.63, 3.8) is 0 Å². The van der Waals surface area contributed by atoms with Gasteiger partial charge in [0.05, 0.1) is 17.1 Å². The molecular weight excluding hydrogens is 406 g/mol. The van der Waals surface area contributed by atoms with Crippen molar-refractivity contribution in [2.24, 2.45) is 5.92 Å². The van der Waals surface area contributed by atoms with Crippen LogP contribution in [0, 0.1) is 5.92 Å². The molecule has 2 aliphatic rings. The van der Waals surface area contributed by atoms with Gasteiger partial charge in [-0.25, -0.2) is 0 Å². The number of aromatic amines is 1. The quantitative estimate of drug-likeness (QED) is 0.677. The number of amides is 1. The van der Waals surface area contributed by atoms with E-state index in [1.54, 1.807) is 0 Å². The molecule has 1 saturated heterocycles. The summed E-state index contributed by atoms with van der Waals surface area (Å²) in [5.74, 6) is 0.402. The van der Waals surface area contributed by atoms with Crippen LogP contribution < -0.4 is 5.32 Å². The van der Waals surface area contributed by atoms with Crippen molar-refractivity contribution in [2.45, 2.75) is 51.1 Å². The molecule has 0 bridgehead atoms. The minimum atomic E-state index is -0.197. The van der Waals surface area contributed by atoms with Crippen LogP contribution in [0.1, 0.15) is 43.7 Å². The number of hydrogen-bond acceptors (Lipinski definition) is 3. The fourth-order valence-electron chi connectivity index (χ4n) is 4.98. The molecule has 4 atom stereocenters. The summed E-state index contributed by atoms with van der Waals surface area (Å²) in [7, 11) is 0. The maximum atomic E-state index is 12.8. The highest BCUT2D eigenvalue weighted by Gasteiger charge is 2.43. The molecule has 146 valence electrons. The van der Waals surface area contributed by atoms with E-state index < -0.39 is 0 Å². The predicted octanol–water partition coefficient (Wildman–Crippen LogP) is 3.17. The number of nitrogens with one attached hydrogen (secondary N) is 2. The second-order valence-corrected chi connectivity index (χ2v) is 8.88. The maximum Gasteiger partial charge on any atom is 0.224 e. The second kappa shape index (κ2) is 7.57. The normalized spacial score (nSPS) is 26.0. The second-order valence-electron chi connectivity index (χ2n) is 8.09. The number of carbonyl (C=O) groups excluding carboxylic acids is 1. The van der Waals surface area contributed by atoms with Gasteiger partial charge >= 0.3 is 0 Å². The van der Waals surface area contributed by atoms with E-state index in [9.17, 15) is 9.90 Å². The van der Waals surface area contributed by atoms with Crippen LogP contribution in [0.25, 0.3) is 10.9 Å². The van der Waals surface area contributed by atoms with Crippen LogP contribution in [-0.2, 0) is 11.2 Å². The Hall–Kier alpha value is -1.37. The molecule has 0 radical (unpaired) electrons. The van der Waals surface area contributed by atoms with E-state index in [0.29, 0.717) is 12.0 Å². The van der Waals surface area contributed by atoms with Gasteiger partial charge in [0, 0.05) is 35.4 Å². The number of H-pyrrole nitrogens is 1. The van der Waals surface area contributed by atoms with Gasteiger partial charge in [-0.05, 0) is 65.9 Å². The Labute approximate surface area is 168 Å². The molecule has 1 aromatic heterocycles. The lowest BCUT2D eigenvalue weighted by Gasteiger charge is -2.47. The average molecular weight is 434 g/mol. The van der Waals surface area contributed by atoms with Crippen LogP contribution in [-0.4, -0.2) is 52.7 Å². The third-order valence-corrected chi connectivity index (χ3v) is 6.87. The Morgan fingerprint density at radius 2 is 2.30 bits per heavy atom. The Morgan fingerprint density at radius 1 is 1.48 bits per heavy atom. The Balaban J connectivity index is 1.70. The zero-order valence-electron chi connectivity index (χ0n) is 16.0. The van der Waals surface area contributed by atoms with Crippen molar-refractivity contribution in [1.29, 1.82) is 0 Å². The highest BCUT2D eigenvalue weighted by atomic mass is 79.9. The molecule has 3 N–H and O–H groups in total. The fourth-order valence-corrected chi connectivity index (χ4v) is 5.56. The van der Waals surface area contributed by atoms with Gasteiger partial charge in [-0.2, -0.15) is 0 Å². The molecule has 6 heteroatoms. The molecule has 2 aromatic rings. The van der Waals surface area contributed by atoms with Crippen molar-refractivity contribution in [3.05, 3.63) is 33.9 Å². The maximum absolute atomic E-state index is 12.8. The van der Waals surface area contributed by atoms with Gasteiger partial charge in [-0.1, -0.05) is 19.1 Å². The number of halogens is 1. The molecule has 4 rings (SSSR count). The summed E-state index contributed by atoms with van der Waals surface area (Å²) in [6.07, 6.45) is 2.97. The molecule has 1 amide bonds. The number of nitrogens with zero attached hydrogens (tertiary/aromatic N) is 1. The van der Waals surface area contributed by atoms with Crippen LogP contribution in [0.2, 0.25) is 0 Å². The van der Waals surface area contributed by atoms with Crippen LogP contribution in [0.15, 0.2) is 22.8 Å². The molecule has 1 aliphatic carbocycles. The zero-order valence-corrected chi connectivity index (χ0v) is 17.6. The van der Waals surface area contributed by atoms with Crippen LogP contribution in [0.5, 0.6) is 0 Å². The lowest BCUT2D eigenvalue weighted by Crippen LogP contribution is -2.54. The van der Waals surface area contributed by atoms with E-state index in [4.69, 9.17) is 0 Å². The molecule has 0 saturated carbocycles. The lowest BCUT2D eigenvalue weighted by atomic mass is 9.72. The van der Waals surface area contributed by atoms with Crippen molar-refractivity contribution >= 4 is 32.7 Å². The summed E-state index contributed by atoms with van der Waals surface area (Å²) in [4.78, 5) is 18.8. The molecule has 1 unspecified atom stereocenters. The highest BCUT2D eigenvalue weighted by molar-refractivity contribution is 9.10. The smallest absolute Gasteiger partial charge is 0.224 e. The summed E-state index contributed by atoms with van der Waals surface area (Å²) in [6, 6.07) is 6.73. The number of aliphatic hydroxyl groups excluding tert-OH is 1. The van der Waals surface area contributed by atoms with Crippen LogP contribution in [0.4, 0.5) is 0 Å². The molecule has 0 spiro atoms. The fraction of sp³-hybridized carbons (Fsp3) is 0.571. The number of rotatable bonds is 5. The number of aromatic nitrogens is 1. The number of hydrogen-bond donors (Lipinski definition) is 3. The summed E-state index contributed by atoms with van der Waals surface area (Å²) in [6.45, 7) is 5.83. The van der Waals surface area contributed by atoms with Gasteiger partial charge in [0.25, 0.3) is 0 Å². The number of carbonyl (C=O) groups is 1. The third-order valence-electron chi connectivity index (χ3n) is 6.19. The van der Waals surface area contributed by atoms with E-state index in [2.05, 4.69) is 56.3 Å². The van der Waals surface area contributed by atoms with Gasteiger partial charge in [-0.3, -0.25) is 9.69 Å². The van der Waals surface area contributed by atoms with E-state index in [-0.39, 0.29) is 24.5 Å². The van der Waals surface area contributed by atoms with Crippen molar-refractivity contribution in [3.8, 4) is 0 Å². The van der Waals surface area contributed by atoms with E-state index >= 15 is 0 Å². The summed E-state index contributed by atoms with van der Waals surface area (Å²) >= 11 is 3.72. The van der Waals surface area contributed by atoms with Gasteiger partial charge < -0.3 is 15.4 Å². The Kier molecular flexibility index (Phi) is 5.32. The number of likely N-dealkylation sites (tertiary alicyclic amines) is 1. The largest absolute Gasteiger partial charge is 0.394 e. The number of piperidine rings is 1. The topological polar surface area (TPSA) is 68.4 Å². The van der Waals surface area contributed by atoms with E-state index in [1.165, 1.54) is 22.0 Å². The minimum Gasteiger partial charge on any atom is -0.394 e. The molecule has 1 aromatic carbocycles.